The zero-order valence-electron chi connectivity index (χ0n) is 19.3. The summed E-state index contributed by atoms with van der Waals surface area (Å²) in [6, 6.07) is 22.6. The van der Waals surface area contributed by atoms with Crippen LogP contribution in [0.2, 0.25) is 0 Å². The molecule has 34 heavy (non-hydrogen) atoms. The van der Waals surface area contributed by atoms with Gasteiger partial charge in [-0.2, -0.15) is 5.10 Å². The Morgan fingerprint density at radius 3 is 2.62 bits per heavy atom. The van der Waals surface area contributed by atoms with Crippen molar-refractivity contribution in [3.05, 3.63) is 83.4 Å². The van der Waals surface area contributed by atoms with E-state index < -0.39 is 0 Å². The summed E-state index contributed by atoms with van der Waals surface area (Å²) < 4.78 is 23.8. The molecule has 0 aromatic heterocycles. The van der Waals surface area contributed by atoms with Crippen molar-refractivity contribution in [2.75, 3.05) is 19.8 Å². The molecular formula is C28H28N2O4. The minimum Gasteiger partial charge on any atom is -0.494 e. The van der Waals surface area contributed by atoms with Gasteiger partial charge >= 0.3 is 0 Å². The lowest BCUT2D eigenvalue weighted by Crippen LogP contribution is -2.33. The van der Waals surface area contributed by atoms with Crippen molar-refractivity contribution in [3.63, 3.8) is 0 Å². The van der Waals surface area contributed by atoms with Crippen LogP contribution in [0.1, 0.15) is 55.1 Å². The molecule has 6 nitrogen and oxygen atoms in total. The summed E-state index contributed by atoms with van der Waals surface area (Å²) in [6.07, 6.45) is 2.67. The Balaban J connectivity index is 1.32. The van der Waals surface area contributed by atoms with Crippen molar-refractivity contribution < 1.29 is 18.9 Å². The summed E-state index contributed by atoms with van der Waals surface area (Å²) in [6.45, 7) is 4.05. The Bertz CT molecular complexity index is 1210. The highest BCUT2D eigenvalue weighted by Gasteiger charge is 2.41. The first kappa shape index (κ1) is 20.9. The first-order chi connectivity index (χ1) is 16.8. The molecular weight excluding hydrogens is 428 g/mol. The predicted molar refractivity (Wildman–Crippen MR) is 130 cm³/mol. The number of benzene rings is 3. The number of nitrogens with zero attached hydrogens (tertiary/aromatic N) is 2. The van der Waals surface area contributed by atoms with Gasteiger partial charge in [0.1, 0.15) is 24.7 Å². The van der Waals surface area contributed by atoms with Crippen LogP contribution in [0.25, 0.3) is 0 Å². The lowest BCUT2D eigenvalue weighted by atomic mass is 9.95. The van der Waals surface area contributed by atoms with Gasteiger partial charge in [-0.3, -0.25) is 0 Å². The number of hydrogen-bond donors (Lipinski definition) is 0. The van der Waals surface area contributed by atoms with Gasteiger partial charge in [-0.1, -0.05) is 31.5 Å². The molecule has 3 aromatic carbocycles. The van der Waals surface area contributed by atoms with E-state index in [4.69, 9.17) is 24.0 Å². The molecule has 0 spiro atoms. The number of ether oxygens (including phenoxy) is 4. The zero-order chi connectivity index (χ0) is 22.9. The van der Waals surface area contributed by atoms with Crippen LogP contribution < -0.4 is 18.9 Å². The van der Waals surface area contributed by atoms with Crippen LogP contribution in [0.4, 0.5) is 0 Å². The molecule has 0 saturated heterocycles. The van der Waals surface area contributed by atoms with Crippen LogP contribution in [-0.2, 0) is 0 Å². The summed E-state index contributed by atoms with van der Waals surface area (Å²) in [7, 11) is 0. The molecule has 0 radical (unpaired) electrons. The Morgan fingerprint density at radius 1 is 0.941 bits per heavy atom. The van der Waals surface area contributed by atoms with Gasteiger partial charge in [-0.05, 0) is 55.0 Å². The smallest absolute Gasteiger partial charge is 0.213 e. The molecule has 3 aliphatic rings. The van der Waals surface area contributed by atoms with Crippen LogP contribution in [0.15, 0.2) is 71.8 Å². The molecule has 3 heterocycles. The van der Waals surface area contributed by atoms with Crippen molar-refractivity contribution in [2.45, 2.75) is 38.5 Å². The van der Waals surface area contributed by atoms with E-state index in [1.807, 2.05) is 36.4 Å². The Morgan fingerprint density at radius 2 is 1.76 bits per heavy atom. The van der Waals surface area contributed by atoms with Gasteiger partial charge in [0.05, 0.1) is 18.4 Å². The van der Waals surface area contributed by atoms with E-state index in [9.17, 15) is 0 Å². The van der Waals surface area contributed by atoms with E-state index in [1.165, 1.54) is 0 Å². The van der Waals surface area contributed by atoms with Gasteiger partial charge in [-0.15, -0.1) is 0 Å². The number of rotatable bonds is 6. The largest absolute Gasteiger partial charge is 0.494 e. The maximum Gasteiger partial charge on any atom is 0.213 e. The van der Waals surface area contributed by atoms with E-state index in [-0.39, 0.29) is 12.3 Å². The molecule has 3 aromatic rings. The second-order valence-corrected chi connectivity index (χ2v) is 8.78. The molecule has 0 fully saturated rings. The molecule has 0 aliphatic carbocycles. The van der Waals surface area contributed by atoms with Crippen molar-refractivity contribution >= 4 is 5.71 Å². The van der Waals surface area contributed by atoms with Gasteiger partial charge in [0, 0.05) is 23.1 Å². The normalized spacial score (nSPS) is 20.1. The van der Waals surface area contributed by atoms with E-state index in [0.29, 0.717) is 13.2 Å². The maximum absolute atomic E-state index is 6.48. The van der Waals surface area contributed by atoms with E-state index in [1.54, 1.807) is 0 Å². The van der Waals surface area contributed by atoms with Gasteiger partial charge in [0.15, 0.2) is 11.5 Å². The fourth-order valence-electron chi connectivity index (χ4n) is 4.71. The third kappa shape index (κ3) is 3.83. The topological polar surface area (TPSA) is 52.5 Å². The maximum atomic E-state index is 6.48. The average molecular weight is 457 g/mol. The molecule has 0 amide bonds. The number of unbranched alkanes of at least 4 members (excludes halogenated alkanes) is 1. The standard InChI is InChI=1S/C28H28N2O4/c1-2-3-14-31-21-11-8-19(9-12-21)28-30-24(22-6-4-5-7-25(22)34-28)18-23(29-30)20-10-13-26-27(17-20)33-16-15-32-26/h4-13,17,24,28H,2-3,14-16,18H2,1H3/t24-,28+/m0/s1. The molecule has 0 saturated carbocycles. The minimum absolute atomic E-state index is 0.110. The fourth-order valence-corrected chi connectivity index (χ4v) is 4.71. The van der Waals surface area contributed by atoms with Crippen LogP contribution in [0, 0.1) is 0 Å². The SMILES string of the molecule is CCCCOc1ccc([C@H]2Oc3ccccc3[C@@H]3CC(c4ccc5c(c4)OCCO5)=NN23)cc1. The number of hydrazone groups is 1. The first-order valence-electron chi connectivity index (χ1n) is 12.0. The van der Waals surface area contributed by atoms with Gasteiger partial charge in [0.2, 0.25) is 6.23 Å². The highest BCUT2D eigenvalue weighted by Crippen LogP contribution is 2.48. The quantitative estimate of drug-likeness (QED) is 0.434. The summed E-state index contributed by atoms with van der Waals surface area (Å²) in [5.41, 5.74) is 4.28. The average Bonchev–Trinajstić information content (AvgIpc) is 3.34. The Kier molecular flexibility index (Phi) is 5.49. The lowest BCUT2D eigenvalue weighted by molar-refractivity contribution is -0.0190. The van der Waals surface area contributed by atoms with Crippen molar-refractivity contribution in [1.82, 2.24) is 5.01 Å². The molecule has 6 heteroatoms. The second-order valence-electron chi connectivity index (χ2n) is 8.78. The van der Waals surface area contributed by atoms with Gasteiger partial charge in [-0.25, -0.2) is 5.01 Å². The second kappa shape index (κ2) is 8.93. The summed E-state index contributed by atoms with van der Waals surface area (Å²) in [4.78, 5) is 0. The minimum atomic E-state index is -0.306. The van der Waals surface area contributed by atoms with E-state index >= 15 is 0 Å². The zero-order valence-corrected chi connectivity index (χ0v) is 19.3. The summed E-state index contributed by atoms with van der Waals surface area (Å²) in [5, 5.41) is 7.17. The highest BCUT2D eigenvalue weighted by molar-refractivity contribution is 6.02. The molecule has 174 valence electrons. The van der Waals surface area contributed by atoms with Crippen molar-refractivity contribution in [2.24, 2.45) is 5.10 Å². The number of hydrogen-bond acceptors (Lipinski definition) is 6. The number of para-hydroxylation sites is 1. The molecule has 6 rings (SSSR count). The van der Waals surface area contributed by atoms with Crippen molar-refractivity contribution in [3.8, 4) is 23.0 Å². The molecule has 2 atom stereocenters. The third-order valence-electron chi connectivity index (χ3n) is 6.51. The van der Waals surface area contributed by atoms with Crippen LogP contribution >= 0.6 is 0 Å². The van der Waals surface area contributed by atoms with Gasteiger partial charge in [0.25, 0.3) is 0 Å². The molecule has 0 N–H and O–H groups in total. The first-order valence-corrected chi connectivity index (χ1v) is 12.0. The number of fused-ring (bicyclic) bond motifs is 4. The summed E-state index contributed by atoms with van der Waals surface area (Å²) in [5.74, 6) is 3.37. The predicted octanol–water partition coefficient (Wildman–Crippen LogP) is 5.88. The monoisotopic (exact) mass is 456 g/mol. The third-order valence-corrected chi connectivity index (χ3v) is 6.51. The fraction of sp³-hybridized carbons (Fsp3) is 0.321. The van der Waals surface area contributed by atoms with Crippen molar-refractivity contribution in [1.29, 1.82) is 0 Å². The molecule has 3 aliphatic heterocycles. The Labute approximate surface area is 199 Å². The molecule has 0 unspecified atom stereocenters. The summed E-state index contributed by atoms with van der Waals surface area (Å²) >= 11 is 0. The van der Waals surface area contributed by atoms with E-state index in [2.05, 4.69) is 42.3 Å². The van der Waals surface area contributed by atoms with Crippen LogP contribution in [0.5, 0.6) is 23.0 Å². The Hall–Kier alpha value is -3.67. The highest BCUT2D eigenvalue weighted by atomic mass is 16.6. The lowest BCUT2D eigenvalue weighted by Gasteiger charge is -2.38. The van der Waals surface area contributed by atoms with Crippen LogP contribution in [0.3, 0.4) is 0 Å². The van der Waals surface area contributed by atoms with Crippen LogP contribution in [-0.4, -0.2) is 30.5 Å². The molecule has 0 bridgehead atoms. The van der Waals surface area contributed by atoms with E-state index in [0.717, 1.165) is 71.3 Å². The van der Waals surface area contributed by atoms with Gasteiger partial charge < -0.3 is 18.9 Å².